The Morgan fingerprint density at radius 1 is 0.817 bits per heavy atom. The number of benzene rings is 4. The molecule has 1 aliphatic heterocycles. The van der Waals surface area contributed by atoms with E-state index in [1.807, 2.05) is 53.4 Å². The zero-order valence-electron chi connectivity index (χ0n) is 42.7. The molecule has 6 unspecified atom stereocenters. The van der Waals surface area contributed by atoms with E-state index in [2.05, 4.69) is 51.6 Å². The highest BCUT2D eigenvalue weighted by atomic mass is 19.1. The minimum atomic E-state index is -1.42. The molecule has 6 atom stereocenters. The van der Waals surface area contributed by atoms with Crippen LogP contribution in [0, 0.1) is 37.4 Å². The van der Waals surface area contributed by atoms with Gasteiger partial charge in [-0.2, -0.15) is 0 Å². The van der Waals surface area contributed by atoms with Crippen LogP contribution in [0.15, 0.2) is 120 Å². The summed E-state index contributed by atoms with van der Waals surface area (Å²) in [6.07, 6.45) is 19.5. The second kappa shape index (κ2) is 27.0. The molecule has 7 rings (SSSR count). The van der Waals surface area contributed by atoms with Gasteiger partial charge in [0.2, 0.25) is 11.7 Å². The Balaban J connectivity index is 1.38. The van der Waals surface area contributed by atoms with E-state index in [0.717, 1.165) is 90.7 Å². The summed E-state index contributed by atoms with van der Waals surface area (Å²) >= 11 is 0. The van der Waals surface area contributed by atoms with E-state index in [4.69, 9.17) is 24.2 Å². The van der Waals surface area contributed by atoms with Crippen LogP contribution in [-0.4, -0.2) is 58.4 Å². The molecule has 0 bridgehead atoms. The van der Waals surface area contributed by atoms with Crippen molar-refractivity contribution in [3.05, 3.63) is 149 Å². The number of unbranched alkanes of at least 4 members (excludes halogenated alkanes) is 10. The van der Waals surface area contributed by atoms with E-state index in [1.54, 1.807) is 18.2 Å². The molecule has 0 spiro atoms. The summed E-state index contributed by atoms with van der Waals surface area (Å²) in [5, 5.41) is 25.2. The number of hydrogen-bond donors (Lipinski definition) is 2. The second-order valence-corrected chi connectivity index (χ2v) is 20.1. The highest BCUT2D eigenvalue weighted by Crippen LogP contribution is 2.62. The molecule has 10 heteroatoms. The van der Waals surface area contributed by atoms with Crippen molar-refractivity contribution in [3.63, 3.8) is 0 Å². The lowest BCUT2D eigenvalue weighted by molar-refractivity contribution is -0.258. The average molecular weight is 971 g/mol. The number of fused-ring (bicyclic) bond motifs is 2. The maximum absolute atomic E-state index is 15.3. The van der Waals surface area contributed by atoms with Gasteiger partial charge in [-0.25, -0.2) is 4.39 Å². The van der Waals surface area contributed by atoms with Crippen molar-refractivity contribution < 1.29 is 38.4 Å². The molecule has 0 radical (unpaired) electrons. The first kappa shape index (κ1) is 53.5. The monoisotopic (exact) mass is 971 g/mol. The number of aliphatic hydroxyl groups excluding tert-OH is 2. The van der Waals surface area contributed by atoms with Crippen LogP contribution in [0.2, 0.25) is 0 Å². The van der Waals surface area contributed by atoms with Crippen LogP contribution in [0.1, 0.15) is 150 Å². The van der Waals surface area contributed by atoms with Gasteiger partial charge in [0, 0.05) is 44.1 Å². The Labute approximate surface area is 423 Å². The first-order valence-corrected chi connectivity index (χ1v) is 26.7. The number of halogens is 1. The molecule has 1 heterocycles. The number of aryl methyl sites for hydroxylation is 2. The molecule has 2 N–H and O–H groups in total. The zero-order chi connectivity index (χ0) is 50.0. The minimum Gasteiger partial charge on any atom is -0.459 e. The second-order valence-electron chi connectivity index (χ2n) is 20.1. The van der Waals surface area contributed by atoms with Crippen LogP contribution in [0.25, 0.3) is 0 Å². The van der Waals surface area contributed by atoms with Gasteiger partial charge in [-0.15, -0.1) is 6.58 Å². The summed E-state index contributed by atoms with van der Waals surface area (Å²) in [4.78, 5) is 23.5. The fourth-order valence-corrected chi connectivity index (χ4v) is 11.3. The van der Waals surface area contributed by atoms with Gasteiger partial charge in [0.25, 0.3) is 0 Å². The molecule has 0 saturated heterocycles. The van der Waals surface area contributed by atoms with Crippen molar-refractivity contribution in [1.29, 1.82) is 0 Å². The molecule has 4 aromatic rings. The fraction of sp³-hybridized carbons (Fsp3) is 0.508. The lowest BCUT2D eigenvalue weighted by Crippen LogP contribution is -2.70. The third-order valence-electron chi connectivity index (χ3n) is 15.1. The first-order valence-electron chi connectivity index (χ1n) is 26.7. The number of carbonyl (C=O) groups is 1. The molecule has 1 saturated carbocycles. The largest absolute Gasteiger partial charge is 0.459 e. The number of nitrogens with zero attached hydrogens (tertiary/aromatic N) is 2. The number of carbonyl (C=O) groups excluding carboxylic acids is 1. The summed E-state index contributed by atoms with van der Waals surface area (Å²) in [5.41, 5.74) is 6.78. The minimum absolute atomic E-state index is 0.0268. The van der Waals surface area contributed by atoms with Crippen molar-refractivity contribution in [1.82, 2.24) is 4.90 Å². The molecular formula is C61H79FN2O7. The highest BCUT2D eigenvalue weighted by molar-refractivity contribution is 6.03. The summed E-state index contributed by atoms with van der Waals surface area (Å²) < 4.78 is 36.0. The number of allylic oxidation sites excluding steroid dienone is 1. The quantitative estimate of drug-likeness (QED) is 0.0317. The van der Waals surface area contributed by atoms with Crippen LogP contribution in [0.5, 0.6) is 17.2 Å². The van der Waals surface area contributed by atoms with Gasteiger partial charge in [0.15, 0.2) is 0 Å². The maximum atomic E-state index is 15.3. The molecular weight excluding hydrogens is 892 g/mol. The smallest absolute Gasteiger partial charge is 0.239 e. The summed E-state index contributed by atoms with van der Waals surface area (Å²) in [5.74, 6) is -0.291. The molecule has 0 aromatic heterocycles. The van der Waals surface area contributed by atoms with Crippen molar-refractivity contribution >= 4 is 11.6 Å². The fourth-order valence-electron chi connectivity index (χ4n) is 11.3. The molecule has 3 aliphatic rings. The Hall–Kier alpha value is -5.29. The maximum Gasteiger partial charge on any atom is 0.239 e. The SMILES string of the molecule is C=CCOC12Oc3ccc(Oc4ccc(C)c(C)c4)cc3C3C(CCCCO)C(CCCCO)C=C(C(=NOCc4ccccc4)CC1N(Cc1ccc(F)cc1)C(=O)CCCCCCCCCCC)C32. The van der Waals surface area contributed by atoms with Crippen molar-refractivity contribution in [2.24, 2.45) is 22.9 Å². The predicted octanol–water partition coefficient (Wildman–Crippen LogP) is 14.0. The van der Waals surface area contributed by atoms with Gasteiger partial charge in [0.05, 0.1) is 18.2 Å². The zero-order valence-corrected chi connectivity index (χ0v) is 42.7. The molecule has 2 aliphatic carbocycles. The van der Waals surface area contributed by atoms with Gasteiger partial charge in [-0.1, -0.05) is 137 Å². The van der Waals surface area contributed by atoms with E-state index < -0.39 is 17.7 Å². The van der Waals surface area contributed by atoms with E-state index >= 15 is 4.79 Å². The van der Waals surface area contributed by atoms with Crippen LogP contribution in [0.4, 0.5) is 4.39 Å². The van der Waals surface area contributed by atoms with E-state index in [-0.39, 0.29) is 68.9 Å². The predicted molar refractivity (Wildman–Crippen MR) is 281 cm³/mol. The Morgan fingerprint density at radius 2 is 1.51 bits per heavy atom. The third kappa shape index (κ3) is 13.8. The summed E-state index contributed by atoms with van der Waals surface area (Å²) in [6, 6.07) is 27.9. The molecule has 9 nitrogen and oxygen atoms in total. The van der Waals surface area contributed by atoms with Gasteiger partial charge in [-0.3, -0.25) is 4.79 Å². The Kier molecular flexibility index (Phi) is 20.3. The van der Waals surface area contributed by atoms with Crippen molar-refractivity contribution in [3.8, 4) is 17.2 Å². The molecule has 4 aromatic carbocycles. The number of amides is 1. The molecule has 71 heavy (non-hydrogen) atoms. The number of rotatable bonds is 29. The normalized spacial score (nSPS) is 21.7. The number of hydrogen-bond acceptors (Lipinski definition) is 8. The molecule has 1 fully saturated rings. The number of oxime groups is 1. The van der Waals surface area contributed by atoms with Crippen LogP contribution in [0.3, 0.4) is 0 Å². The summed E-state index contributed by atoms with van der Waals surface area (Å²) in [6.45, 7) is 11.3. The number of aliphatic hydroxyl groups is 2. The van der Waals surface area contributed by atoms with E-state index in [9.17, 15) is 14.6 Å². The van der Waals surface area contributed by atoms with Gasteiger partial charge < -0.3 is 34.2 Å². The van der Waals surface area contributed by atoms with E-state index in [0.29, 0.717) is 30.8 Å². The Bertz CT molecular complexity index is 2370. The van der Waals surface area contributed by atoms with Gasteiger partial charge in [-0.05, 0) is 128 Å². The summed E-state index contributed by atoms with van der Waals surface area (Å²) in [7, 11) is 0. The Morgan fingerprint density at radius 3 is 2.21 bits per heavy atom. The van der Waals surface area contributed by atoms with Crippen LogP contribution >= 0.6 is 0 Å². The average Bonchev–Trinajstić information content (AvgIpc) is 3.37. The lowest BCUT2D eigenvalue weighted by Gasteiger charge is -2.60. The van der Waals surface area contributed by atoms with Gasteiger partial charge in [0.1, 0.15) is 35.7 Å². The lowest BCUT2D eigenvalue weighted by atomic mass is 9.55. The standard InChI is InChI=1S/C61H79FN2O7/c1-5-7-8-9-10-11-12-13-17-26-58(67)64(42-46-28-30-49(62)31-29-46)57-41-55(63-69-43-47-22-15-14-16-23-47)53-39-48(24-18-20-35-65)52(25-19-21-36-66)59-54-40-51(70-50-32-27-44(3)45(4)38-50)33-34-56(54)71-61(57,60(53)59)68-37-6-2/h6,14-16,22-23,27-34,38-40,48,52,57,59-60,65-66H,2,5,7-13,17-21,24-26,35-37,41-43H2,1,3-4H3. The van der Waals surface area contributed by atoms with Crippen LogP contribution in [-0.2, 0) is 27.5 Å². The van der Waals surface area contributed by atoms with Crippen LogP contribution < -0.4 is 9.47 Å². The first-order chi connectivity index (χ1) is 34.7. The van der Waals surface area contributed by atoms with E-state index in [1.165, 1.54) is 49.8 Å². The highest BCUT2D eigenvalue weighted by Gasteiger charge is 2.65. The topological polar surface area (TPSA) is 110 Å². The number of ether oxygens (including phenoxy) is 3. The third-order valence-corrected chi connectivity index (χ3v) is 15.1. The van der Waals surface area contributed by atoms with Crippen molar-refractivity contribution in [2.45, 2.75) is 161 Å². The molecule has 382 valence electrons. The van der Waals surface area contributed by atoms with Gasteiger partial charge >= 0.3 is 0 Å². The van der Waals surface area contributed by atoms with Crippen molar-refractivity contribution in [2.75, 3.05) is 19.8 Å². The molecule has 1 amide bonds.